The summed E-state index contributed by atoms with van der Waals surface area (Å²) >= 11 is 5.86. The number of carbonyl (C=O) groups is 1. The summed E-state index contributed by atoms with van der Waals surface area (Å²) in [7, 11) is 3.15. The van der Waals surface area contributed by atoms with Crippen LogP contribution in [0.4, 0.5) is 17.2 Å². The molecule has 0 radical (unpaired) electrons. The van der Waals surface area contributed by atoms with E-state index in [9.17, 15) is 4.79 Å². The van der Waals surface area contributed by atoms with Crippen LogP contribution < -0.4 is 20.1 Å². The van der Waals surface area contributed by atoms with Gasteiger partial charge in [0.2, 0.25) is 0 Å². The Bertz CT molecular complexity index is 945. The Kier molecular flexibility index (Phi) is 5.78. The molecule has 0 unspecified atom stereocenters. The van der Waals surface area contributed by atoms with Crippen molar-refractivity contribution in [2.45, 2.75) is 0 Å². The predicted molar refractivity (Wildman–Crippen MR) is 106 cm³/mol. The first-order chi connectivity index (χ1) is 13.1. The number of ether oxygens (including phenoxy) is 2. The summed E-state index contributed by atoms with van der Waals surface area (Å²) in [5.41, 5.74) is 1.90. The van der Waals surface area contributed by atoms with Gasteiger partial charge in [-0.2, -0.15) is 0 Å². The van der Waals surface area contributed by atoms with Gasteiger partial charge in [0.15, 0.2) is 11.5 Å². The van der Waals surface area contributed by atoms with Gasteiger partial charge >= 0.3 is 0 Å². The van der Waals surface area contributed by atoms with Crippen molar-refractivity contribution in [1.82, 2.24) is 4.98 Å². The third-order valence-electron chi connectivity index (χ3n) is 3.78. The lowest BCUT2D eigenvalue weighted by Crippen LogP contribution is -2.12. The average molecular weight is 384 g/mol. The number of amides is 1. The molecule has 0 saturated carbocycles. The summed E-state index contributed by atoms with van der Waals surface area (Å²) < 4.78 is 10.5. The van der Waals surface area contributed by atoms with E-state index >= 15 is 0 Å². The van der Waals surface area contributed by atoms with E-state index in [1.54, 1.807) is 68.9 Å². The number of hydrogen-bond acceptors (Lipinski definition) is 5. The molecule has 2 aromatic carbocycles. The number of anilines is 3. The van der Waals surface area contributed by atoms with Crippen LogP contribution in [0.1, 0.15) is 10.4 Å². The van der Waals surface area contributed by atoms with E-state index in [4.69, 9.17) is 21.1 Å². The Morgan fingerprint density at radius 1 is 0.926 bits per heavy atom. The second-order valence-electron chi connectivity index (χ2n) is 5.59. The molecular formula is C20H18ClN3O3. The lowest BCUT2D eigenvalue weighted by Gasteiger charge is -2.11. The number of benzene rings is 2. The van der Waals surface area contributed by atoms with Crippen molar-refractivity contribution in [2.75, 3.05) is 24.9 Å². The van der Waals surface area contributed by atoms with Gasteiger partial charge in [-0.15, -0.1) is 0 Å². The summed E-state index contributed by atoms with van der Waals surface area (Å²) in [6.07, 6.45) is 1.57. The van der Waals surface area contributed by atoms with Crippen molar-refractivity contribution in [3.05, 3.63) is 71.4 Å². The minimum Gasteiger partial charge on any atom is -0.493 e. The highest BCUT2D eigenvalue weighted by atomic mass is 35.5. The van der Waals surface area contributed by atoms with Crippen LogP contribution in [0.15, 0.2) is 60.8 Å². The monoisotopic (exact) mass is 383 g/mol. The molecule has 6 nitrogen and oxygen atoms in total. The lowest BCUT2D eigenvalue weighted by atomic mass is 10.2. The SMILES string of the molecule is COc1ccc(Nc2cc(C(=O)Nc3ccc(Cl)cc3)ccn2)cc1OC. The molecule has 0 fully saturated rings. The zero-order valence-corrected chi connectivity index (χ0v) is 15.6. The van der Waals surface area contributed by atoms with Crippen LogP contribution in [0, 0.1) is 0 Å². The maximum Gasteiger partial charge on any atom is 0.255 e. The second kappa shape index (κ2) is 8.42. The maximum atomic E-state index is 12.5. The third kappa shape index (κ3) is 4.68. The molecule has 0 atom stereocenters. The number of halogens is 1. The lowest BCUT2D eigenvalue weighted by molar-refractivity contribution is 0.102. The quantitative estimate of drug-likeness (QED) is 0.642. The van der Waals surface area contributed by atoms with Crippen LogP contribution in [0.25, 0.3) is 0 Å². The van der Waals surface area contributed by atoms with Gasteiger partial charge in [0, 0.05) is 34.2 Å². The van der Waals surface area contributed by atoms with Gasteiger partial charge in [-0.1, -0.05) is 11.6 Å². The zero-order chi connectivity index (χ0) is 19.2. The number of nitrogens with zero attached hydrogens (tertiary/aromatic N) is 1. The first kappa shape index (κ1) is 18.5. The number of carbonyl (C=O) groups excluding carboxylic acids is 1. The summed E-state index contributed by atoms with van der Waals surface area (Å²) in [6.45, 7) is 0. The molecule has 3 aromatic rings. The molecule has 3 rings (SSSR count). The number of nitrogens with one attached hydrogen (secondary N) is 2. The van der Waals surface area contributed by atoms with Crippen LogP contribution in [0.2, 0.25) is 5.02 Å². The van der Waals surface area contributed by atoms with Gasteiger partial charge < -0.3 is 20.1 Å². The molecule has 27 heavy (non-hydrogen) atoms. The Morgan fingerprint density at radius 2 is 1.63 bits per heavy atom. The molecule has 0 aliphatic rings. The van der Waals surface area contributed by atoms with Crippen LogP contribution >= 0.6 is 11.6 Å². The Morgan fingerprint density at radius 3 is 2.33 bits per heavy atom. The van der Waals surface area contributed by atoms with Gasteiger partial charge in [-0.05, 0) is 48.5 Å². The fraction of sp³-hybridized carbons (Fsp3) is 0.100. The minimum absolute atomic E-state index is 0.241. The first-order valence-corrected chi connectivity index (χ1v) is 8.49. The van der Waals surface area contributed by atoms with Crippen molar-refractivity contribution in [2.24, 2.45) is 0 Å². The van der Waals surface area contributed by atoms with Gasteiger partial charge in [0.1, 0.15) is 5.82 Å². The predicted octanol–water partition coefficient (Wildman–Crippen LogP) is 4.75. The van der Waals surface area contributed by atoms with E-state index in [0.29, 0.717) is 33.6 Å². The summed E-state index contributed by atoms with van der Waals surface area (Å²) in [5, 5.41) is 6.58. The van der Waals surface area contributed by atoms with Gasteiger partial charge in [-0.25, -0.2) is 4.98 Å². The molecule has 0 spiro atoms. The van der Waals surface area contributed by atoms with E-state index in [-0.39, 0.29) is 5.91 Å². The van der Waals surface area contributed by atoms with E-state index in [1.807, 2.05) is 6.07 Å². The molecule has 0 saturated heterocycles. The number of methoxy groups -OCH3 is 2. The van der Waals surface area contributed by atoms with Crippen LogP contribution in [-0.4, -0.2) is 25.1 Å². The van der Waals surface area contributed by atoms with Crippen molar-refractivity contribution >= 4 is 34.7 Å². The number of hydrogen-bond donors (Lipinski definition) is 2. The summed E-state index contributed by atoms with van der Waals surface area (Å²) in [6, 6.07) is 15.6. The van der Waals surface area contributed by atoms with Crippen LogP contribution in [-0.2, 0) is 0 Å². The van der Waals surface area contributed by atoms with Crippen molar-refractivity contribution in [1.29, 1.82) is 0 Å². The van der Waals surface area contributed by atoms with Crippen molar-refractivity contribution < 1.29 is 14.3 Å². The minimum atomic E-state index is -0.241. The van der Waals surface area contributed by atoms with Crippen LogP contribution in [0.3, 0.4) is 0 Å². The second-order valence-corrected chi connectivity index (χ2v) is 6.02. The van der Waals surface area contributed by atoms with Crippen molar-refractivity contribution in [3.63, 3.8) is 0 Å². The van der Waals surface area contributed by atoms with E-state index < -0.39 is 0 Å². The largest absolute Gasteiger partial charge is 0.493 e. The number of rotatable bonds is 6. The third-order valence-corrected chi connectivity index (χ3v) is 4.03. The highest BCUT2D eigenvalue weighted by Crippen LogP contribution is 2.30. The van der Waals surface area contributed by atoms with E-state index in [0.717, 1.165) is 5.69 Å². The molecular weight excluding hydrogens is 366 g/mol. The zero-order valence-electron chi connectivity index (χ0n) is 14.8. The fourth-order valence-corrected chi connectivity index (χ4v) is 2.56. The van der Waals surface area contributed by atoms with Gasteiger partial charge in [-0.3, -0.25) is 4.79 Å². The van der Waals surface area contributed by atoms with E-state index in [1.165, 1.54) is 0 Å². The molecule has 0 aliphatic heterocycles. The highest BCUT2D eigenvalue weighted by Gasteiger charge is 2.09. The molecule has 1 amide bonds. The smallest absolute Gasteiger partial charge is 0.255 e. The summed E-state index contributed by atoms with van der Waals surface area (Å²) in [5.74, 6) is 1.52. The molecule has 138 valence electrons. The standard InChI is InChI=1S/C20H18ClN3O3/c1-26-17-8-7-16(12-18(17)27-2)23-19-11-13(9-10-22-19)20(25)24-15-5-3-14(21)4-6-15/h3-12H,1-2H3,(H,22,23)(H,24,25). The van der Waals surface area contributed by atoms with Gasteiger partial charge in [0.05, 0.1) is 14.2 Å². The first-order valence-electron chi connectivity index (χ1n) is 8.11. The number of pyridine rings is 1. The molecule has 0 aliphatic carbocycles. The molecule has 2 N–H and O–H groups in total. The Balaban J connectivity index is 1.75. The number of aromatic nitrogens is 1. The highest BCUT2D eigenvalue weighted by molar-refractivity contribution is 6.30. The van der Waals surface area contributed by atoms with Gasteiger partial charge in [0.25, 0.3) is 5.91 Å². The Hall–Kier alpha value is -3.25. The Labute approximate surface area is 162 Å². The normalized spacial score (nSPS) is 10.2. The molecule has 7 heteroatoms. The summed E-state index contributed by atoms with van der Waals surface area (Å²) in [4.78, 5) is 16.7. The molecule has 1 aromatic heterocycles. The van der Waals surface area contributed by atoms with E-state index in [2.05, 4.69) is 15.6 Å². The molecule has 1 heterocycles. The fourth-order valence-electron chi connectivity index (χ4n) is 2.44. The topological polar surface area (TPSA) is 72.5 Å². The molecule has 0 bridgehead atoms. The maximum absolute atomic E-state index is 12.5. The average Bonchev–Trinajstić information content (AvgIpc) is 2.69. The van der Waals surface area contributed by atoms with Crippen LogP contribution in [0.5, 0.6) is 11.5 Å². The van der Waals surface area contributed by atoms with Crippen molar-refractivity contribution in [3.8, 4) is 11.5 Å².